The van der Waals surface area contributed by atoms with Gasteiger partial charge >= 0.3 is 5.97 Å². The molecule has 1 aromatic rings. The van der Waals surface area contributed by atoms with Crippen molar-refractivity contribution >= 4 is 62.5 Å². The van der Waals surface area contributed by atoms with Crippen LogP contribution in [0.1, 0.15) is 19.4 Å². The van der Waals surface area contributed by atoms with Gasteiger partial charge in [0.05, 0.1) is 21.0 Å². The quantitative estimate of drug-likeness (QED) is 0.482. The van der Waals surface area contributed by atoms with Gasteiger partial charge < -0.3 is 9.47 Å². The van der Waals surface area contributed by atoms with Crippen molar-refractivity contribution in [2.45, 2.75) is 13.8 Å². The number of ether oxygens (including phenoxy) is 2. The number of hydrogen-bond donors (Lipinski definition) is 0. The first-order valence-electron chi connectivity index (χ1n) is 7.40. The molecule has 134 valence electrons. The summed E-state index contributed by atoms with van der Waals surface area (Å²) in [6, 6.07) is 3.28. The Bertz CT molecular complexity index is 729. The van der Waals surface area contributed by atoms with E-state index < -0.39 is 5.97 Å². The molecule has 0 saturated carbocycles. The number of carbonyl (C=O) groups is 3. The molecule has 0 unspecified atom stereocenters. The van der Waals surface area contributed by atoms with E-state index in [4.69, 9.17) is 21.1 Å². The van der Waals surface area contributed by atoms with Crippen LogP contribution in [-0.4, -0.2) is 41.8 Å². The molecule has 0 radical (unpaired) electrons. The lowest BCUT2D eigenvalue weighted by atomic mass is 10.2. The first kappa shape index (κ1) is 19.8. The Labute approximate surface area is 162 Å². The third-order valence-corrected chi connectivity index (χ3v) is 4.93. The Balaban J connectivity index is 2.20. The fourth-order valence-corrected chi connectivity index (χ4v) is 3.95. The summed E-state index contributed by atoms with van der Waals surface area (Å²) < 4.78 is 10.7. The van der Waals surface area contributed by atoms with Crippen molar-refractivity contribution in [1.29, 1.82) is 0 Å². The van der Waals surface area contributed by atoms with Crippen LogP contribution in [0.5, 0.6) is 5.75 Å². The Morgan fingerprint density at radius 3 is 2.64 bits per heavy atom. The van der Waals surface area contributed by atoms with Crippen LogP contribution in [0.15, 0.2) is 21.5 Å². The van der Waals surface area contributed by atoms with Crippen molar-refractivity contribution in [3.05, 3.63) is 32.1 Å². The van der Waals surface area contributed by atoms with Gasteiger partial charge in [0.15, 0.2) is 12.4 Å². The number of esters is 1. The van der Waals surface area contributed by atoms with Gasteiger partial charge in [0.1, 0.15) is 0 Å². The lowest BCUT2D eigenvalue weighted by Gasteiger charge is -2.11. The molecule has 1 aromatic carbocycles. The summed E-state index contributed by atoms with van der Waals surface area (Å²) in [6.07, 6.45) is 1.59. The summed E-state index contributed by atoms with van der Waals surface area (Å²) in [5.74, 6) is -0.524. The molecule has 0 aromatic heterocycles. The number of halogens is 2. The van der Waals surface area contributed by atoms with Crippen LogP contribution in [-0.2, 0) is 14.3 Å². The maximum atomic E-state index is 12.1. The van der Waals surface area contributed by atoms with Crippen LogP contribution in [0.4, 0.5) is 4.79 Å². The smallest absolute Gasteiger partial charge is 0.344 e. The van der Waals surface area contributed by atoms with Crippen LogP contribution >= 0.6 is 39.3 Å². The van der Waals surface area contributed by atoms with Gasteiger partial charge in [-0.1, -0.05) is 11.6 Å². The Morgan fingerprint density at radius 1 is 1.36 bits per heavy atom. The maximum absolute atomic E-state index is 12.1. The van der Waals surface area contributed by atoms with Gasteiger partial charge in [0.2, 0.25) is 0 Å². The minimum absolute atomic E-state index is 0.263. The number of thioether (sulfide) groups is 1. The highest BCUT2D eigenvalue weighted by Crippen LogP contribution is 2.37. The molecule has 6 nitrogen and oxygen atoms in total. The van der Waals surface area contributed by atoms with E-state index in [0.717, 1.165) is 11.8 Å². The van der Waals surface area contributed by atoms with Crippen LogP contribution < -0.4 is 4.74 Å². The predicted molar refractivity (Wildman–Crippen MR) is 99.6 cm³/mol. The summed E-state index contributed by atoms with van der Waals surface area (Å²) in [6.45, 7) is 3.77. The SMILES string of the molecule is CCOC(=O)COc1c(Cl)cc(/C=C2/SC(=O)N(CC)C2=O)cc1Br. The number of imide groups is 1. The zero-order valence-electron chi connectivity index (χ0n) is 13.5. The highest BCUT2D eigenvalue weighted by Gasteiger charge is 2.33. The molecule has 0 N–H and O–H groups in total. The summed E-state index contributed by atoms with van der Waals surface area (Å²) in [5, 5.41) is -0.0297. The van der Waals surface area contributed by atoms with Gasteiger partial charge in [0.25, 0.3) is 11.1 Å². The molecule has 0 bridgehead atoms. The van der Waals surface area contributed by atoms with Crippen molar-refractivity contribution in [3.63, 3.8) is 0 Å². The third-order valence-electron chi connectivity index (χ3n) is 3.15. The van der Waals surface area contributed by atoms with E-state index in [2.05, 4.69) is 15.9 Å². The van der Waals surface area contributed by atoms with Crippen LogP contribution in [0.3, 0.4) is 0 Å². The molecule has 0 aliphatic carbocycles. The van der Waals surface area contributed by atoms with Crippen molar-refractivity contribution in [2.75, 3.05) is 19.8 Å². The van der Waals surface area contributed by atoms with E-state index in [-0.39, 0.29) is 29.4 Å². The highest BCUT2D eigenvalue weighted by atomic mass is 79.9. The van der Waals surface area contributed by atoms with Crippen molar-refractivity contribution in [2.24, 2.45) is 0 Å². The summed E-state index contributed by atoms with van der Waals surface area (Å²) in [4.78, 5) is 36.7. The molecule has 25 heavy (non-hydrogen) atoms. The molecule has 9 heteroatoms. The highest BCUT2D eigenvalue weighted by molar-refractivity contribution is 9.10. The van der Waals surface area contributed by atoms with E-state index in [1.54, 1.807) is 32.1 Å². The average molecular weight is 449 g/mol. The van der Waals surface area contributed by atoms with E-state index in [1.807, 2.05) is 0 Å². The standard InChI is InChI=1S/C16H15BrClNO5S/c1-3-19-15(21)12(25-16(19)22)7-9-5-10(17)14(11(18)6-9)24-8-13(20)23-4-2/h5-7H,3-4,8H2,1-2H3/b12-7+. The normalized spacial score (nSPS) is 15.8. The van der Waals surface area contributed by atoms with E-state index >= 15 is 0 Å². The number of benzene rings is 1. The fourth-order valence-electron chi connectivity index (χ4n) is 2.06. The molecule has 0 atom stereocenters. The molecular weight excluding hydrogens is 434 g/mol. The number of nitrogens with zero attached hydrogens (tertiary/aromatic N) is 1. The molecule has 1 fully saturated rings. The van der Waals surface area contributed by atoms with Gasteiger partial charge in [-0.2, -0.15) is 0 Å². The molecule has 1 aliphatic heterocycles. The fraction of sp³-hybridized carbons (Fsp3) is 0.312. The van der Waals surface area contributed by atoms with Crippen molar-refractivity contribution < 1.29 is 23.9 Å². The van der Waals surface area contributed by atoms with Crippen molar-refractivity contribution in [1.82, 2.24) is 4.90 Å². The third kappa shape index (κ3) is 4.77. The number of likely N-dealkylation sites (N-methyl/N-ethyl adjacent to an activating group) is 1. The first-order valence-corrected chi connectivity index (χ1v) is 9.38. The first-order chi connectivity index (χ1) is 11.9. The topological polar surface area (TPSA) is 72.9 Å². The van der Waals surface area contributed by atoms with Gasteiger partial charge in [0, 0.05) is 6.54 Å². The summed E-state index contributed by atoms with van der Waals surface area (Å²) >= 11 is 10.4. The lowest BCUT2D eigenvalue weighted by Crippen LogP contribution is -2.27. The number of hydrogen-bond acceptors (Lipinski definition) is 6. The molecule has 1 saturated heterocycles. The molecule has 0 spiro atoms. The maximum Gasteiger partial charge on any atom is 0.344 e. The number of carbonyl (C=O) groups excluding carboxylic acids is 3. The minimum Gasteiger partial charge on any atom is -0.479 e. The summed E-state index contributed by atoms with van der Waals surface area (Å²) in [5.41, 5.74) is 0.627. The Kier molecular flexibility index (Phi) is 6.92. The second-order valence-corrected chi connectivity index (χ2v) is 7.09. The van der Waals surface area contributed by atoms with Gasteiger partial charge in [-0.15, -0.1) is 0 Å². The molecule has 1 heterocycles. The van der Waals surface area contributed by atoms with E-state index in [0.29, 0.717) is 27.2 Å². The molecule has 2 rings (SSSR count). The lowest BCUT2D eigenvalue weighted by molar-refractivity contribution is -0.145. The Hall–Kier alpha value is -1.51. The average Bonchev–Trinajstić information content (AvgIpc) is 2.80. The number of rotatable bonds is 6. The second kappa shape index (κ2) is 8.73. The number of amides is 2. The zero-order chi connectivity index (χ0) is 18.6. The second-order valence-electron chi connectivity index (χ2n) is 4.83. The predicted octanol–water partition coefficient (Wildman–Crippen LogP) is 4.10. The van der Waals surface area contributed by atoms with Crippen molar-refractivity contribution in [3.8, 4) is 5.75 Å². The summed E-state index contributed by atoms with van der Waals surface area (Å²) in [7, 11) is 0. The van der Waals surface area contributed by atoms with Crippen LogP contribution in [0, 0.1) is 0 Å². The Morgan fingerprint density at radius 2 is 2.08 bits per heavy atom. The van der Waals surface area contributed by atoms with Crippen LogP contribution in [0.25, 0.3) is 6.08 Å². The van der Waals surface area contributed by atoms with E-state index in [9.17, 15) is 14.4 Å². The monoisotopic (exact) mass is 447 g/mol. The molecular formula is C16H15BrClNO5S. The molecule has 1 aliphatic rings. The van der Waals surface area contributed by atoms with Crippen LogP contribution in [0.2, 0.25) is 5.02 Å². The van der Waals surface area contributed by atoms with Gasteiger partial charge in [-0.25, -0.2) is 4.79 Å². The minimum atomic E-state index is -0.497. The largest absolute Gasteiger partial charge is 0.479 e. The van der Waals surface area contributed by atoms with Gasteiger partial charge in [-0.05, 0) is 65.3 Å². The zero-order valence-corrected chi connectivity index (χ0v) is 16.7. The van der Waals surface area contributed by atoms with Gasteiger partial charge in [-0.3, -0.25) is 14.5 Å². The molecule has 2 amide bonds. The van der Waals surface area contributed by atoms with E-state index in [1.165, 1.54) is 4.90 Å².